The highest BCUT2D eigenvalue weighted by molar-refractivity contribution is 9.09. The second-order valence-corrected chi connectivity index (χ2v) is 5.02. The van der Waals surface area contributed by atoms with Crippen molar-refractivity contribution in [2.75, 3.05) is 23.3 Å². The highest BCUT2D eigenvalue weighted by Crippen LogP contribution is 2.26. The molecule has 0 aliphatic rings. The molecule has 0 aliphatic heterocycles. The molecule has 0 atom stereocenters. The van der Waals surface area contributed by atoms with Crippen LogP contribution in [0.25, 0.3) is 11.0 Å². The number of para-hydroxylation sites is 1. The molecule has 1 heterocycles. The summed E-state index contributed by atoms with van der Waals surface area (Å²) in [6.45, 7) is 7.36. The SMILES string of the molecule is CCN(CC)c1cccc2n[c]n(CCCBr)c12. The van der Waals surface area contributed by atoms with Crippen LogP contribution < -0.4 is 4.90 Å². The molecule has 3 nitrogen and oxygen atoms in total. The number of benzene rings is 1. The van der Waals surface area contributed by atoms with Crippen LogP contribution in [0.1, 0.15) is 20.3 Å². The molecule has 97 valence electrons. The van der Waals surface area contributed by atoms with Gasteiger partial charge < -0.3 is 9.47 Å². The van der Waals surface area contributed by atoms with Crippen LogP contribution in [0.4, 0.5) is 5.69 Å². The van der Waals surface area contributed by atoms with Crippen molar-refractivity contribution in [2.24, 2.45) is 0 Å². The monoisotopic (exact) mass is 308 g/mol. The number of rotatable bonds is 6. The largest absolute Gasteiger partial charge is 0.370 e. The summed E-state index contributed by atoms with van der Waals surface area (Å²) in [5.41, 5.74) is 3.51. The summed E-state index contributed by atoms with van der Waals surface area (Å²) in [6.07, 6.45) is 4.20. The van der Waals surface area contributed by atoms with Crippen molar-refractivity contribution in [1.82, 2.24) is 9.55 Å². The van der Waals surface area contributed by atoms with E-state index < -0.39 is 0 Å². The number of aryl methyl sites for hydroxylation is 1. The van der Waals surface area contributed by atoms with E-state index in [-0.39, 0.29) is 0 Å². The normalized spacial score (nSPS) is 11.1. The predicted octanol–water partition coefficient (Wildman–Crippen LogP) is 3.47. The first kappa shape index (κ1) is 13.4. The Hall–Kier alpha value is -1.03. The van der Waals surface area contributed by atoms with Gasteiger partial charge in [-0.05, 0) is 32.4 Å². The molecule has 0 saturated heterocycles. The Labute approximate surface area is 117 Å². The number of imidazole rings is 1. The Balaban J connectivity index is 2.47. The first-order valence-electron chi connectivity index (χ1n) is 6.49. The molecule has 0 bridgehead atoms. The summed E-state index contributed by atoms with van der Waals surface area (Å²) in [7, 11) is 0. The van der Waals surface area contributed by atoms with Crippen molar-refractivity contribution in [3.63, 3.8) is 0 Å². The summed E-state index contributed by atoms with van der Waals surface area (Å²) >= 11 is 3.48. The Morgan fingerprint density at radius 1 is 1.33 bits per heavy atom. The third kappa shape index (κ3) is 2.53. The third-order valence-electron chi connectivity index (χ3n) is 3.17. The third-order valence-corrected chi connectivity index (χ3v) is 3.73. The molecule has 1 aromatic heterocycles. The molecular formula is C14H19BrN3. The molecule has 0 spiro atoms. The molecule has 0 aliphatic carbocycles. The summed E-state index contributed by atoms with van der Waals surface area (Å²) < 4.78 is 2.14. The fraction of sp³-hybridized carbons (Fsp3) is 0.500. The molecule has 1 radical (unpaired) electrons. The van der Waals surface area contributed by atoms with Gasteiger partial charge in [-0.15, -0.1) is 0 Å². The molecule has 1 aromatic carbocycles. The number of alkyl halides is 1. The van der Waals surface area contributed by atoms with E-state index in [9.17, 15) is 0 Å². The molecule has 0 fully saturated rings. The van der Waals surface area contributed by atoms with E-state index in [2.05, 4.69) is 68.8 Å². The smallest absolute Gasteiger partial charge is 0.177 e. The number of anilines is 1. The average molecular weight is 309 g/mol. The zero-order chi connectivity index (χ0) is 13.0. The number of fused-ring (bicyclic) bond motifs is 1. The molecular weight excluding hydrogens is 290 g/mol. The fourth-order valence-electron chi connectivity index (χ4n) is 2.25. The second-order valence-electron chi connectivity index (χ2n) is 4.22. The summed E-state index contributed by atoms with van der Waals surface area (Å²) in [4.78, 5) is 6.74. The Morgan fingerprint density at radius 3 is 2.78 bits per heavy atom. The Bertz CT molecular complexity index is 503. The standard InChI is InChI=1S/C14H19BrN3/c1-3-17(4-2)13-8-5-7-12-14(13)18(11-16-12)10-6-9-15/h5,7-8H,3-4,6,9-10H2,1-2H3. The van der Waals surface area contributed by atoms with Gasteiger partial charge in [-0.2, -0.15) is 0 Å². The first-order valence-corrected chi connectivity index (χ1v) is 7.61. The molecule has 4 heteroatoms. The van der Waals surface area contributed by atoms with Gasteiger partial charge in [0, 0.05) is 25.0 Å². The lowest BCUT2D eigenvalue weighted by atomic mass is 10.2. The van der Waals surface area contributed by atoms with E-state index in [1.807, 2.05) is 0 Å². The van der Waals surface area contributed by atoms with Crippen molar-refractivity contribution in [1.29, 1.82) is 0 Å². The van der Waals surface area contributed by atoms with Gasteiger partial charge in [0.25, 0.3) is 0 Å². The van der Waals surface area contributed by atoms with Crippen molar-refractivity contribution in [2.45, 2.75) is 26.8 Å². The van der Waals surface area contributed by atoms with Crippen LogP contribution in [-0.2, 0) is 6.54 Å². The van der Waals surface area contributed by atoms with Crippen LogP contribution in [-0.4, -0.2) is 28.0 Å². The molecule has 0 N–H and O–H groups in total. The minimum absolute atomic E-state index is 0.958. The zero-order valence-electron chi connectivity index (χ0n) is 11.0. The van der Waals surface area contributed by atoms with Crippen LogP contribution in [0, 0.1) is 6.33 Å². The quantitative estimate of drug-likeness (QED) is 0.762. The number of aromatic nitrogens is 2. The molecule has 2 aromatic rings. The van der Waals surface area contributed by atoms with Gasteiger partial charge in [-0.3, -0.25) is 0 Å². The van der Waals surface area contributed by atoms with Crippen LogP contribution >= 0.6 is 15.9 Å². The predicted molar refractivity (Wildman–Crippen MR) is 80.5 cm³/mol. The molecule has 0 saturated carbocycles. The summed E-state index contributed by atoms with van der Waals surface area (Å²) in [5.74, 6) is 0. The molecule has 18 heavy (non-hydrogen) atoms. The van der Waals surface area contributed by atoms with E-state index in [0.717, 1.165) is 36.9 Å². The zero-order valence-corrected chi connectivity index (χ0v) is 12.6. The summed E-state index contributed by atoms with van der Waals surface area (Å²) in [6, 6.07) is 6.31. The van der Waals surface area contributed by atoms with Gasteiger partial charge in [-0.1, -0.05) is 22.0 Å². The van der Waals surface area contributed by atoms with Crippen LogP contribution in [0.2, 0.25) is 0 Å². The Morgan fingerprint density at radius 2 is 2.11 bits per heavy atom. The maximum Gasteiger partial charge on any atom is 0.177 e. The Kier molecular flexibility index (Phi) is 4.64. The highest BCUT2D eigenvalue weighted by atomic mass is 79.9. The lowest BCUT2D eigenvalue weighted by molar-refractivity contribution is 0.698. The molecule has 2 rings (SSSR count). The van der Waals surface area contributed by atoms with Crippen molar-refractivity contribution in [3.05, 3.63) is 24.5 Å². The maximum absolute atomic E-state index is 4.38. The number of halogens is 1. The van der Waals surface area contributed by atoms with Crippen molar-refractivity contribution >= 4 is 32.7 Å². The number of nitrogens with zero attached hydrogens (tertiary/aromatic N) is 3. The van der Waals surface area contributed by atoms with Gasteiger partial charge >= 0.3 is 0 Å². The van der Waals surface area contributed by atoms with Gasteiger partial charge in [-0.25, -0.2) is 4.98 Å². The van der Waals surface area contributed by atoms with E-state index in [1.54, 1.807) is 0 Å². The first-order chi connectivity index (χ1) is 8.81. The van der Waals surface area contributed by atoms with Gasteiger partial charge in [0.2, 0.25) is 0 Å². The average Bonchev–Trinajstić information content (AvgIpc) is 2.82. The fourth-order valence-corrected chi connectivity index (χ4v) is 2.50. The van der Waals surface area contributed by atoms with Crippen LogP contribution in [0.15, 0.2) is 18.2 Å². The van der Waals surface area contributed by atoms with Crippen molar-refractivity contribution < 1.29 is 0 Å². The number of hydrogen-bond donors (Lipinski definition) is 0. The highest BCUT2D eigenvalue weighted by Gasteiger charge is 2.11. The van der Waals surface area contributed by atoms with Crippen LogP contribution in [0.3, 0.4) is 0 Å². The van der Waals surface area contributed by atoms with Crippen LogP contribution in [0.5, 0.6) is 0 Å². The van der Waals surface area contributed by atoms with Gasteiger partial charge in [0.05, 0.1) is 16.7 Å². The van der Waals surface area contributed by atoms with E-state index in [1.165, 1.54) is 11.2 Å². The van der Waals surface area contributed by atoms with Gasteiger partial charge in [0.15, 0.2) is 6.33 Å². The van der Waals surface area contributed by atoms with E-state index in [0.29, 0.717) is 0 Å². The molecule has 0 unspecified atom stereocenters. The maximum atomic E-state index is 4.38. The molecule has 0 amide bonds. The van der Waals surface area contributed by atoms with E-state index >= 15 is 0 Å². The van der Waals surface area contributed by atoms with E-state index in [4.69, 9.17) is 0 Å². The lowest BCUT2D eigenvalue weighted by Gasteiger charge is -2.22. The lowest BCUT2D eigenvalue weighted by Crippen LogP contribution is -2.22. The van der Waals surface area contributed by atoms with Gasteiger partial charge in [0.1, 0.15) is 0 Å². The topological polar surface area (TPSA) is 21.1 Å². The summed E-state index contributed by atoms with van der Waals surface area (Å²) in [5, 5.41) is 1.01. The second kappa shape index (κ2) is 6.23. The minimum atomic E-state index is 0.958. The number of hydrogen-bond acceptors (Lipinski definition) is 2. The minimum Gasteiger partial charge on any atom is -0.370 e. The van der Waals surface area contributed by atoms with Crippen molar-refractivity contribution in [3.8, 4) is 0 Å².